The second kappa shape index (κ2) is 3.05. The van der Waals surface area contributed by atoms with Crippen LogP contribution in [-0.2, 0) is 6.18 Å². The van der Waals surface area contributed by atoms with Crippen molar-refractivity contribution >= 4 is 11.3 Å². The van der Waals surface area contributed by atoms with Gasteiger partial charge in [0.2, 0.25) is 10.1 Å². The van der Waals surface area contributed by atoms with Gasteiger partial charge < -0.3 is 0 Å². The third-order valence-electron chi connectivity index (χ3n) is 1.36. The fourth-order valence-corrected chi connectivity index (χ4v) is 1.46. The highest BCUT2D eigenvalue weighted by atomic mass is 32.1. The van der Waals surface area contributed by atoms with E-state index in [1.165, 1.54) is 17.1 Å². The van der Waals surface area contributed by atoms with Crippen LogP contribution in [0.5, 0.6) is 0 Å². The number of halogens is 3. The SMILES string of the molecule is FC(F)(F)c1nnc(-n2cccn2)s1. The summed E-state index contributed by atoms with van der Waals surface area (Å²) in [7, 11) is 0. The molecule has 14 heavy (non-hydrogen) atoms. The van der Waals surface area contributed by atoms with Crippen molar-refractivity contribution in [3.05, 3.63) is 23.5 Å². The molecule has 0 radical (unpaired) electrons. The van der Waals surface area contributed by atoms with Gasteiger partial charge in [0.25, 0.3) is 0 Å². The highest BCUT2D eigenvalue weighted by molar-refractivity contribution is 7.13. The molecule has 0 saturated heterocycles. The molecule has 2 rings (SSSR count). The van der Waals surface area contributed by atoms with Crippen molar-refractivity contribution in [2.24, 2.45) is 0 Å². The molecule has 8 heteroatoms. The van der Waals surface area contributed by atoms with Crippen LogP contribution in [0.15, 0.2) is 18.5 Å². The normalized spacial score (nSPS) is 11.9. The van der Waals surface area contributed by atoms with E-state index in [0.717, 1.165) is 0 Å². The summed E-state index contributed by atoms with van der Waals surface area (Å²) in [5, 5.41) is 9.27. The van der Waals surface area contributed by atoms with Gasteiger partial charge in [-0.2, -0.15) is 18.3 Å². The van der Waals surface area contributed by atoms with Crippen molar-refractivity contribution in [3.8, 4) is 5.13 Å². The molecule has 0 saturated carbocycles. The Labute approximate surface area is 80.0 Å². The van der Waals surface area contributed by atoms with Crippen molar-refractivity contribution in [1.29, 1.82) is 0 Å². The van der Waals surface area contributed by atoms with E-state index in [1.807, 2.05) is 0 Å². The summed E-state index contributed by atoms with van der Waals surface area (Å²) in [6.07, 6.45) is -1.49. The molecule has 2 aromatic heterocycles. The van der Waals surface area contributed by atoms with Crippen molar-refractivity contribution in [2.45, 2.75) is 6.18 Å². The smallest absolute Gasteiger partial charge is 0.212 e. The summed E-state index contributed by atoms with van der Waals surface area (Å²) < 4.78 is 37.6. The quantitative estimate of drug-likeness (QED) is 0.735. The number of rotatable bonds is 1. The first-order valence-corrected chi connectivity index (χ1v) is 4.30. The summed E-state index contributed by atoms with van der Waals surface area (Å²) >= 11 is 0.451. The van der Waals surface area contributed by atoms with E-state index >= 15 is 0 Å². The monoisotopic (exact) mass is 220 g/mol. The van der Waals surface area contributed by atoms with Gasteiger partial charge in [0.15, 0.2) is 0 Å². The maximum absolute atomic E-state index is 12.1. The maximum atomic E-state index is 12.1. The molecule has 0 spiro atoms. The first kappa shape index (κ1) is 9.13. The summed E-state index contributed by atoms with van der Waals surface area (Å²) in [5.41, 5.74) is 0. The highest BCUT2D eigenvalue weighted by Crippen LogP contribution is 2.32. The van der Waals surface area contributed by atoms with Gasteiger partial charge in [0.1, 0.15) is 0 Å². The Balaban J connectivity index is 2.36. The molecule has 0 aliphatic rings. The zero-order valence-electron chi connectivity index (χ0n) is 6.56. The fourth-order valence-electron chi connectivity index (χ4n) is 0.805. The second-order valence-electron chi connectivity index (χ2n) is 2.34. The highest BCUT2D eigenvalue weighted by Gasteiger charge is 2.35. The Morgan fingerprint density at radius 1 is 1.29 bits per heavy atom. The summed E-state index contributed by atoms with van der Waals surface area (Å²) in [4.78, 5) is 0. The van der Waals surface area contributed by atoms with Gasteiger partial charge in [-0.3, -0.25) is 0 Å². The molecule has 0 bridgehead atoms. The van der Waals surface area contributed by atoms with Crippen LogP contribution in [0.3, 0.4) is 0 Å². The number of nitrogens with zero attached hydrogens (tertiary/aromatic N) is 4. The van der Waals surface area contributed by atoms with Gasteiger partial charge in [0.05, 0.1) is 0 Å². The largest absolute Gasteiger partial charge is 0.445 e. The van der Waals surface area contributed by atoms with Gasteiger partial charge in [-0.25, -0.2) is 4.68 Å². The van der Waals surface area contributed by atoms with Crippen LogP contribution in [0.1, 0.15) is 5.01 Å². The van der Waals surface area contributed by atoms with Crippen molar-refractivity contribution in [2.75, 3.05) is 0 Å². The summed E-state index contributed by atoms with van der Waals surface area (Å²) in [5.74, 6) is 0. The molecule has 0 N–H and O–H groups in total. The molecular weight excluding hydrogens is 217 g/mol. The molecule has 74 valence electrons. The summed E-state index contributed by atoms with van der Waals surface area (Å²) in [6.45, 7) is 0. The first-order valence-electron chi connectivity index (χ1n) is 3.48. The maximum Gasteiger partial charge on any atom is 0.445 e. The Morgan fingerprint density at radius 3 is 2.57 bits per heavy atom. The Kier molecular flexibility index (Phi) is 1.99. The van der Waals surface area contributed by atoms with Crippen LogP contribution in [0.4, 0.5) is 13.2 Å². The van der Waals surface area contributed by atoms with E-state index in [4.69, 9.17) is 0 Å². The molecular formula is C6H3F3N4S. The minimum absolute atomic E-state index is 0.0994. The molecule has 0 amide bonds. The van der Waals surface area contributed by atoms with Crippen molar-refractivity contribution in [1.82, 2.24) is 20.0 Å². The van der Waals surface area contributed by atoms with Crippen molar-refractivity contribution < 1.29 is 13.2 Å². The van der Waals surface area contributed by atoms with Gasteiger partial charge in [0, 0.05) is 12.4 Å². The van der Waals surface area contributed by atoms with E-state index < -0.39 is 11.2 Å². The number of aromatic nitrogens is 4. The van der Waals surface area contributed by atoms with Crippen LogP contribution >= 0.6 is 11.3 Å². The molecule has 0 aliphatic heterocycles. The number of alkyl halides is 3. The Bertz CT molecular complexity index is 418. The fraction of sp³-hybridized carbons (Fsp3) is 0.167. The second-order valence-corrected chi connectivity index (χ2v) is 3.29. The lowest BCUT2D eigenvalue weighted by molar-refractivity contribution is -0.138. The molecule has 0 aromatic carbocycles. The third kappa shape index (κ3) is 1.60. The molecule has 2 aromatic rings. The lowest BCUT2D eigenvalue weighted by Crippen LogP contribution is -2.03. The van der Waals surface area contributed by atoms with E-state index in [2.05, 4.69) is 15.3 Å². The van der Waals surface area contributed by atoms with Gasteiger partial charge >= 0.3 is 6.18 Å². The molecule has 0 unspecified atom stereocenters. The predicted octanol–water partition coefficient (Wildman–Crippen LogP) is 1.74. The standard InChI is InChI=1S/C6H3F3N4S/c7-6(8,9)4-11-12-5(14-4)13-3-1-2-10-13/h1-3H. The molecule has 4 nitrogen and oxygen atoms in total. The van der Waals surface area contributed by atoms with Gasteiger partial charge in [-0.05, 0) is 6.07 Å². The van der Waals surface area contributed by atoms with E-state index in [9.17, 15) is 13.2 Å². The van der Waals surface area contributed by atoms with Crippen LogP contribution in [0.2, 0.25) is 0 Å². The molecule has 0 aliphatic carbocycles. The average Bonchev–Trinajstić information content (AvgIpc) is 2.73. The Hall–Kier alpha value is -1.44. The molecule has 0 fully saturated rings. The van der Waals surface area contributed by atoms with E-state index in [0.29, 0.717) is 11.3 Å². The minimum atomic E-state index is -4.44. The van der Waals surface area contributed by atoms with E-state index in [-0.39, 0.29) is 5.13 Å². The van der Waals surface area contributed by atoms with Crippen LogP contribution in [-0.4, -0.2) is 20.0 Å². The minimum Gasteiger partial charge on any atom is -0.212 e. The summed E-state index contributed by atoms with van der Waals surface area (Å²) in [6, 6.07) is 1.59. The van der Waals surface area contributed by atoms with Crippen LogP contribution < -0.4 is 0 Å². The van der Waals surface area contributed by atoms with Gasteiger partial charge in [-0.1, -0.05) is 11.3 Å². The average molecular weight is 220 g/mol. The number of hydrogen-bond acceptors (Lipinski definition) is 4. The molecule has 0 atom stereocenters. The zero-order chi connectivity index (χ0) is 10.2. The topological polar surface area (TPSA) is 43.6 Å². The van der Waals surface area contributed by atoms with Gasteiger partial charge in [-0.15, -0.1) is 10.2 Å². The Morgan fingerprint density at radius 2 is 2.07 bits per heavy atom. The zero-order valence-corrected chi connectivity index (χ0v) is 7.38. The third-order valence-corrected chi connectivity index (χ3v) is 2.31. The predicted molar refractivity (Wildman–Crippen MR) is 42.0 cm³/mol. The number of hydrogen-bond donors (Lipinski definition) is 0. The lowest BCUT2D eigenvalue weighted by Gasteiger charge is -1.97. The van der Waals surface area contributed by atoms with Crippen LogP contribution in [0.25, 0.3) is 5.13 Å². The lowest BCUT2D eigenvalue weighted by atomic mass is 10.7. The van der Waals surface area contributed by atoms with E-state index in [1.54, 1.807) is 6.07 Å². The van der Waals surface area contributed by atoms with Crippen LogP contribution in [0, 0.1) is 0 Å². The van der Waals surface area contributed by atoms with Crippen molar-refractivity contribution in [3.63, 3.8) is 0 Å². The first-order chi connectivity index (χ1) is 6.57. The molecule has 2 heterocycles.